The van der Waals surface area contributed by atoms with Gasteiger partial charge in [-0.25, -0.2) is 0 Å². The molecule has 1 N–H and O–H groups in total. The van der Waals surface area contributed by atoms with Crippen molar-refractivity contribution in [2.75, 3.05) is 12.4 Å². The molecule has 0 bridgehead atoms. The van der Waals surface area contributed by atoms with Gasteiger partial charge in [0.05, 0.1) is 0 Å². The van der Waals surface area contributed by atoms with Crippen molar-refractivity contribution in [3.63, 3.8) is 0 Å². The van der Waals surface area contributed by atoms with Crippen LogP contribution in [-0.4, -0.2) is 7.05 Å². The highest BCUT2D eigenvalue weighted by Gasteiger charge is 2.02. The van der Waals surface area contributed by atoms with Gasteiger partial charge < -0.3 is 5.32 Å². The topological polar surface area (TPSA) is 12.0 Å². The van der Waals surface area contributed by atoms with Crippen LogP contribution < -0.4 is 5.32 Å². The molecule has 2 rings (SSSR count). The average Bonchev–Trinajstić information content (AvgIpc) is 2.38. The molecular weight excluding hydrogens is 218 g/mol. The maximum atomic E-state index is 3.18. The summed E-state index contributed by atoms with van der Waals surface area (Å²) in [5.74, 6) is 0.698. The minimum atomic E-state index is 0.698. The number of anilines is 1. The van der Waals surface area contributed by atoms with E-state index < -0.39 is 0 Å². The van der Waals surface area contributed by atoms with Gasteiger partial charge in [0.2, 0.25) is 0 Å². The van der Waals surface area contributed by atoms with Crippen LogP contribution in [-0.2, 0) is 6.42 Å². The second-order valence-corrected chi connectivity index (χ2v) is 5.13. The molecule has 18 heavy (non-hydrogen) atoms. The van der Waals surface area contributed by atoms with E-state index in [9.17, 15) is 0 Å². The minimum absolute atomic E-state index is 0.698. The minimum Gasteiger partial charge on any atom is -0.388 e. The van der Waals surface area contributed by atoms with Crippen LogP contribution in [0.15, 0.2) is 48.5 Å². The third-order valence-corrected chi connectivity index (χ3v) is 3.06. The Morgan fingerprint density at radius 2 is 1.61 bits per heavy atom. The highest BCUT2D eigenvalue weighted by molar-refractivity contribution is 5.68. The molecule has 1 nitrogen and oxygen atoms in total. The molecule has 0 saturated heterocycles. The molecule has 0 aliphatic heterocycles. The Morgan fingerprint density at radius 3 is 2.28 bits per heavy atom. The van der Waals surface area contributed by atoms with Gasteiger partial charge in [-0.1, -0.05) is 50.2 Å². The number of hydrogen-bond acceptors (Lipinski definition) is 1. The summed E-state index contributed by atoms with van der Waals surface area (Å²) in [6.45, 7) is 4.52. The smallest absolute Gasteiger partial charge is 0.0343 e. The molecule has 0 unspecified atom stereocenters. The van der Waals surface area contributed by atoms with Crippen molar-refractivity contribution < 1.29 is 0 Å². The highest BCUT2D eigenvalue weighted by Crippen LogP contribution is 2.24. The van der Waals surface area contributed by atoms with Crippen molar-refractivity contribution in [2.45, 2.75) is 20.3 Å². The van der Waals surface area contributed by atoms with Gasteiger partial charge in [0.15, 0.2) is 0 Å². The van der Waals surface area contributed by atoms with E-state index in [2.05, 4.69) is 67.7 Å². The highest BCUT2D eigenvalue weighted by atomic mass is 14.8. The largest absolute Gasteiger partial charge is 0.388 e. The van der Waals surface area contributed by atoms with Crippen LogP contribution >= 0.6 is 0 Å². The Hall–Kier alpha value is -1.76. The zero-order chi connectivity index (χ0) is 13.0. The van der Waals surface area contributed by atoms with Crippen molar-refractivity contribution in [1.29, 1.82) is 0 Å². The van der Waals surface area contributed by atoms with E-state index in [4.69, 9.17) is 0 Å². The van der Waals surface area contributed by atoms with E-state index in [1.54, 1.807) is 0 Å². The van der Waals surface area contributed by atoms with Gasteiger partial charge in [0.25, 0.3) is 0 Å². The molecule has 0 radical (unpaired) electrons. The Bertz CT molecular complexity index is 515. The molecule has 0 heterocycles. The molecule has 1 heteroatoms. The van der Waals surface area contributed by atoms with Gasteiger partial charge in [0.1, 0.15) is 0 Å². The molecule has 2 aromatic carbocycles. The summed E-state index contributed by atoms with van der Waals surface area (Å²) in [6, 6.07) is 17.4. The van der Waals surface area contributed by atoms with Crippen LogP contribution in [0.3, 0.4) is 0 Å². The van der Waals surface area contributed by atoms with Crippen LogP contribution in [0.2, 0.25) is 0 Å². The van der Waals surface area contributed by atoms with Gasteiger partial charge in [0, 0.05) is 12.7 Å². The zero-order valence-electron chi connectivity index (χ0n) is 11.4. The van der Waals surface area contributed by atoms with Crippen molar-refractivity contribution in [3.05, 3.63) is 54.1 Å². The van der Waals surface area contributed by atoms with Crippen molar-refractivity contribution in [3.8, 4) is 11.1 Å². The Labute approximate surface area is 110 Å². The number of benzene rings is 2. The van der Waals surface area contributed by atoms with Crippen molar-refractivity contribution >= 4 is 5.69 Å². The molecule has 94 valence electrons. The average molecular weight is 239 g/mol. The second kappa shape index (κ2) is 5.72. The van der Waals surface area contributed by atoms with E-state index in [0.717, 1.165) is 12.1 Å². The molecule has 2 aromatic rings. The van der Waals surface area contributed by atoms with Gasteiger partial charge in [-0.15, -0.1) is 0 Å². The fraction of sp³-hybridized carbons (Fsp3) is 0.294. The van der Waals surface area contributed by atoms with Gasteiger partial charge >= 0.3 is 0 Å². The molecule has 0 aliphatic rings. The summed E-state index contributed by atoms with van der Waals surface area (Å²) in [6.07, 6.45) is 1.14. The lowest BCUT2D eigenvalue weighted by Crippen LogP contribution is -1.94. The summed E-state index contributed by atoms with van der Waals surface area (Å²) in [7, 11) is 1.95. The van der Waals surface area contributed by atoms with Gasteiger partial charge in [-0.2, -0.15) is 0 Å². The molecule has 0 saturated carbocycles. The van der Waals surface area contributed by atoms with E-state index >= 15 is 0 Å². The maximum Gasteiger partial charge on any atom is 0.0343 e. The lowest BCUT2D eigenvalue weighted by Gasteiger charge is -2.09. The third-order valence-electron chi connectivity index (χ3n) is 3.06. The van der Waals surface area contributed by atoms with E-state index in [1.165, 1.54) is 16.7 Å². The number of rotatable bonds is 4. The number of nitrogens with one attached hydrogen (secondary N) is 1. The first-order chi connectivity index (χ1) is 8.69. The van der Waals surface area contributed by atoms with Crippen molar-refractivity contribution in [1.82, 2.24) is 0 Å². The number of hydrogen-bond donors (Lipinski definition) is 1. The predicted molar refractivity (Wildman–Crippen MR) is 80.0 cm³/mol. The molecule has 0 amide bonds. The first-order valence-corrected chi connectivity index (χ1v) is 6.56. The Balaban J connectivity index is 2.32. The van der Waals surface area contributed by atoms with E-state index in [0.29, 0.717) is 5.92 Å². The monoisotopic (exact) mass is 239 g/mol. The predicted octanol–water partition coefficient (Wildman–Crippen LogP) is 4.59. The van der Waals surface area contributed by atoms with Crippen LogP contribution in [0.1, 0.15) is 19.4 Å². The lowest BCUT2D eigenvalue weighted by atomic mass is 9.98. The van der Waals surface area contributed by atoms with Crippen LogP contribution in [0.4, 0.5) is 5.69 Å². The SMILES string of the molecule is CNc1cccc(-c2cccc(CC(C)C)c2)c1. The Kier molecular flexibility index (Phi) is 4.03. The van der Waals surface area contributed by atoms with Crippen molar-refractivity contribution in [2.24, 2.45) is 5.92 Å². The summed E-state index contributed by atoms with van der Waals surface area (Å²) >= 11 is 0. The standard InChI is InChI=1S/C17H21N/c1-13(2)10-14-6-4-7-15(11-14)16-8-5-9-17(12-16)18-3/h4-9,11-13,18H,10H2,1-3H3. The summed E-state index contributed by atoms with van der Waals surface area (Å²) in [5.41, 5.74) is 5.14. The first kappa shape index (κ1) is 12.7. The van der Waals surface area contributed by atoms with Gasteiger partial charge in [-0.3, -0.25) is 0 Å². The fourth-order valence-electron chi connectivity index (χ4n) is 2.20. The first-order valence-electron chi connectivity index (χ1n) is 6.56. The summed E-state index contributed by atoms with van der Waals surface area (Å²) < 4.78 is 0. The lowest BCUT2D eigenvalue weighted by molar-refractivity contribution is 0.647. The molecular formula is C17H21N. The normalized spacial score (nSPS) is 10.7. The quantitative estimate of drug-likeness (QED) is 0.822. The van der Waals surface area contributed by atoms with Crippen LogP contribution in [0, 0.1) is 5.92 Å². The Morgan fingerprint density at radius 1 is 0.944 bits per heavy atom. The van der Waals surface area contributed by atoms with E-state index in [1.807, 2.05) is 7.05 Å². The van der Waals surface area contributed by atoms with Gasteiger partial charge in [-0.05, 0) is 41.2 Å². The summed E-state index contributed by atoms with van der Waals surface area (Å²) in [5, 5.41) is 3.18. The molecule has 0 atom stereocenters. The van der Waals surface area contributed by atoms with Crippen LogP contribution in [0.25, 0.3) is 11.1 Å². The maximum absolute atomic E-state index is 3.18. The summed E-state index contributed by atoms with van der Waals surface area (Å²) in [4.78, 5) is 0. The molecule has 0 fully saturated rings. The van der Waals surface area contributed by atoms with Crippen LogP contribution in [0.5, 0.6) is 0 Å². The molecule has 0 spiro atoms. The molecule has 0 aromatic heterocycles. The molecule has 0 aliphatic carbocycles. The third kappa shape index (κ3) is 3.13. The zero-order valence-corrected chi connectivity index (χ0v) is 11.4. The van der Waals surface area contributed by atoms with E-state index in [-0.39, 0.29) is 0 Å². The fourth-order valence-corrected chi connectivity index (χ4v) is 2.20. The second-order valence-electron chi connectivity index (χ2n) is 5.13.